The molecule has 0 radical (unpaired) electrons. The van der Waals surface area contributed by atoms with Crippen LogP contribution in [-0.2, 0) is 6.54 Å². The van der Waals surface area contributed by atoms with Crippen molar-refractivity contribution in [2.24, 2.45) is 0 Å². The van der Waals surface area contributed by atoms with Gasteiger partial charge in [-0.1, -0.05) is 6.07 Å². The standard InChI is InChI=1S/C15H26N4/c1-14-5-4-6-15(16-14)13-19-11-9-17(2)7-8-18(3)10-12-19/h4-6H,7-13H2,1-3H3. The molecule has 1 fully saturated rings. The van der Waals surface area contributed by atoms with Gasteiger partial charge in [0.25, 0.3) is 0 Å². The van der Waals surface area contributed by atoms with Crippen LogP contribution in [0.25, 0.3) is 0 Å². The van der Waals surface area contributed by atoms with E-state index in [1.165, 1.54) is 5.69 Å². The molecule has 19 heavy (non-hydrogen) atoms. The van der Waals surface area contributed by atoms with E-state index in [1.807, 2.05) is 0 Å². The molecule has 106 valence electrons. The first kappa shape index (κ1) is 14.4. The number of hydrogen-bond acceptors (Lipinski definition) is 4. The predicted octanol–water partition coefficient (Wildman–Crippen LogP) is 1.07. The Morgan fingerprint density at radius 3 is 2.11 bits per heavy atom. The molecule has 2 rings (SSSR count). The second kappa shape index (κ2) is 6.98. The van der Waals surface area contributed by atoms with Crippen molar-refractivity contribution in [2.75, 3.05) is 53.4 Å². The second-order valence-corrected chi connectivity index (χ2v) is 5.65. The Labute approximate surface area is 117 Å². The van der Waals surface area contributed by atoms with E-state index in [0.717, 1.165) is 51.5 Å². The van der Waals surface area contributed by atoms with Crippen molar-refractivity contribution in [1.29, 1.82) is 0 Å². The highest BCUT2D eigenvalue weighted by atomic mass is 15.2. The third-order valence-corrected chi connectivity index (χ3v) is 3.79. The first-order chi connectivity index (χ1) is 9.13. The Balaban J connectivity index is 1.96. The number of aryl methyl sites for hydroxylation is 1. The van der Waals surface area contributed by atoms with Crippen molar-refractivity contribution in [1.82, 2.24) is 19.7 Å². The smallest absolute Gasteiger partial charge is 0.0547 e. The third-order valence-electron chi connectivity index (χ3n) is 3.79. The van der Waals surface area contributed by atoms with Crippen LogP contribution in [0.1, 0.15) is 11.4 Å². The molecular formula is C15H26N4. The lowest BCUT2D eigenvalue weighted by atomic mass is 10.3. The van der Waals surface area contributed by atoms with Gasteiger partial charge in [0.15, 0.2) is 0 Å². The monoisotopic (exact) mass is 262 g/mol. The zero-order valence-electron chi connectivity index (χ0n) is 12.5. The van der Waals surface area contributed by atoms with Gasteiger partial charge in [-0.15, -0.1) is 0 Å². The zero-order chi connectivity index (χ0) is 13.7. The van der Waals surface area contributed by atoms with E-state index in [9.17, 15) is 0 Å². The minimum absolute atomic E-state index is 0.962. The normalized spacial score (nSPS) is 20.8. The van der Waals surface area contributed by atoms with E-state index in [2.05, 4.69) is 58.9 Å². The van der Waals surface area contributed by atoms with Crippen molar-refractivity contribution in [2.45, 2.75) is 13.5 Å². The lowest BCUT2D eigenvalue weighted by Gasteiger charge is -2.23. The second-order valence-electron chi connectivity index (χ2n) is 5.65. The fourth-order valence-corrected chi connectivity index (χ4v) is 2.38. The topological polar surface area (TPSA) is 22.6 Å². The highest BCUT2D eigenvalue weighted by Crippen LogP contribution is 2.05. The molecule has 0 amide bonds. The van der Waals surface area contributed by atoms with Crippen LogP contribution in [-0.4, -0.2) is 73.0 Å². The molecule has 4 nitrogen and oxygen atoms in total. The fraction of sp³-hybridized carbons (Fsp3) is 0.667. The summed E-state index contributed by atoms with van der Waals surface area (Å²) in [5.41, 5.74) is 2.29. The number of likely N-dealkylation sites (N-methyl/N-ethyl adjacent to an activating group) is 2. The molecule has 2 heterocycles. The van der Waals surface area contributed by atoms with E-state index >= 15 is 0 Å². The molecule has 1 aliphatic heterocycles. The third kappa shape index (κ3) is 4.90. The molecule has 4 heteroatoms. The largest absolute Gasteiger partial charge is 0.304 e. The maximum absolute atomic E-state index is 4.61. The molecule has 1 saturated heterocycles. The highest BCUT2D eigenvalue weighted by Gasteiger charge is 2.12. The quantitative estimate of drug-likeness (QED) is 0.795. The summed E-state index contributed by atoms with van der Waals surface area (Å²) in [6, 6.07) is 6.29. The molecule has 0 aromatic carbocycles. The van der Waals surface area contributed by atoms with Crippen LogP contribution < -0.4 is 0 Å². The Morgan fingerprint density at radius 2 is 1.53 bits per heavy atom. The summed E-state index contributed by atoms with van der Waals surface area (Å²) in [6.45, 7) is 9.87. The van der Waals surface area contributed by atoms with Crippen molar-refractivity contribution in [3.63, 3.8) is 0 Å². The van der Waals surface area contributed by atoms with Gasteiger partial charge in [0.1, 0.15) is 0 Å². The number of pyridine rings is 1. The summed E-state index contributed by atoms with van der Waals surface area (Å²) in [7, 11) is 4.42. The Hall–Kier alpha value is -0.970. The van der Waals surface area contributed by atoms with Gasteiger partial charge in [-0.25, -0.2) is 0 Å². The van der Waals surface area contributed by atoms with Crippen LogP contribution in [0.3, 0.4) is 0 Å². The van der Waals surface area contributed by atoms with Gasteiger partial charge in [0.2, 0.25) is 0 Å². The van der Waals surface area contributed by atoms with Crippen molar-refractivity contribution in [3.8, 4) is 0 Å². The minimum atomic E-state index is 0.962. The van der Waals surface area contributed by atoms with Crippen molar-refractivity contribution < 1.29 is 0 Å². The van der Waals surface area contributed by atoms with Crippen LogP contribution in [0.5, 0.6) is 0 Å². The minimum Gasteiger partial charge on any atom is -0.304 e. The molecule has 1 aliphatic rings. The van der Waals surface area contributed by atoms with Gasteiger partial charge < -0.3 is 9.80 Å². The molecule has 1 aromatic rings. The predicted molar refractivity (Wildman–Crippen MR) is 79.2 cm³/mol. The molecule has 0 N–H and O–H groups in total. The summed E-state index contributed by atoms with van der Waals surface area (Å²) in [4.78, 5) is 12.0. The summed E-state index contributed by atoms with van der Waals surface area (Å²) in [5, 5.41) is 0. The fourth-order valence-electron chi connectivity index (χ4n) is 2.38. The lowest BCUT2D eigenvalue weighted by molar-refractivity contribution is 0.225. The van der Waals surface area contributed by atoms with Gasteiger partial charge in [-0.2, -0.15) is 0 Å². The average molecular weight is 262 g/mol. The Bertz CT molecular complexity index is 379. The Morgan fingerprint density at radius 1 is 0.947 bits per heavy atom. The molecule has 1 aromatic heterocycles. The Kier molecular flexibility index (Phi) is 5.31. The SMILES string of the molecule is Cc1cccc(CN2CCN(C)CCN(C)CC2)n1. The van der Waals surface area contributed by atoms with E-state index in [-0.39, 0.29) is 0 Å². The lowest BCUT2D eigenvalue weighted by Crippen LogP contribution is -2.34. The number of rotatable bonds is 2. The summed E-state index contributed by atoms with van der Waals surface area (Å²) in [5.74, 6) is 0. The van der Waals surface area contributed by atoms with Gasteiger partial charge >= 0.3 is 0 Å². The van der Waals surface area contributed by atoms with Crippen LogP contribution >= 0.6 is 0 Å². The van der Waals surface area contributed by atoms with Gasteiger partial charge in [-0.3, -0.25) is 9.88 Å². The summed E-state index contributed by atoms with van der Waals surface area (Å²) >= 11 is 0. The molecular weight excluding hydrogens is 236 g/mol. The summed E-state index contributed by atoms with van der Waals surface area (Å²) < 4.78 is 0. The molecule has 0 saturated carbocycles. The van der Waals surface area contributed by atoms with E-state index < -0.39 is 0 Å². The van der Waals surface area contributed by atoms with E-state index in [0.29, 0.717) is 0 Å². The van der Waals surface area contributed by atoms with Gasteiger partial charge in [-0.05, 0) is 33.2 Å². The van der Waals surface area contributed by atoms with Crippen molar-refractivity contribution >= 4 is 0 Å². The average Bonchev–Trinajstić information content (AvgIpc) is 2.45. The first-order valence-electron chi connectivity index (χ1n) is 7.15. The first-order valence-corrected chi connectivity index (χ1v) is 7.15. The van der Waals surface area contributed by atoms with Crippen LogP contribution in [0.15, 0.2) is 18.2 Å². The van der Waals surface area contributed by atoms with E-state index in [1.54, 1.807) is 0 Å². The van der Waals surface area contributed by atoms with Crippen molar-refractivity contribution in [3.05, 3.63) is 29.6 Å². The zero-order valence-corrected chi connectivity index (χ0v) is 12.5. The maximum atomic E-state index is 4.61. The van der Waals surface area contributed by atoms with Gasteiger partial charge in [0, 0.05) is 51.5 Å². The summed E-state index contributed by atoms with van der Waals surface area (Å²) in [6.07, 6.45) is 0. The molecule has 0 atom stereocenters. The highest BCUT2D eigenvalue weighted by molar-refractivity contribution is 5.09. The van der Waals surface area contributed by atoms with Crippen LogP contribution in [0.2, 0.25) is 0 Å². The van der Waals surface area contributed by atoms with Gasteiger partial charge in [0.05, 0.1) is 5.69 Å². The van der Waals surface area contributed by atoms with E-state index in [4.69, 9.17) is 0 Å². The molecule has 0 aliphatic carbocycles. The molecule has 0 bridgehead atoms. The maximum Gasteiger partial charge on any atom is 0.0547 e. The molecule has 0 unspecified atom stereocenters. The van der Waals surface area contributed by atoms with Crippen LogP contribution in [0, 0.1) is 6.92 Å². The number of nitrogens with zero attached hydrogens (tertiary/aromatic N) is 4. The number of hydrogen-bond donors (Lipinski definition) is 0. The molecule has 0 spiro atoms. The van der Waals surface area contributed by atoms with Crippen LogP contribution in [0.4, 0.5) is 0 Å². The number of aromatic nitrogens is 1.